The molecule has 0 fully saturated rings. The van der Waals surface area contributed by atoms with Crippen LogP contribution in [0.1, 0.15) is 12.5 Å². The average Bonchev–Trinajstić information content (AvgIpc) is 2.40. The Bertz CT molecular complexity index is 549. The zero-order chi connectivity index (χ0) is 13.0. The first-order valence-corrected chi connectivity index (χ1v) is 6.24. The van der Waals surface area contributed by atoms with Crippen LogP contribution in [0.15, 0.2) is 48.5 Å². The molecule has 0 unspecified atom stereocenters. The molecule has 0 saturated heterocycles. The zero-order valence-corrected chi connectivity index (χ0v) is 11.0. The quantitative estimate of drug-likeness (QED) is 0.853. The van der Waals surface area contributed by atoms with Gasteiger partial charge in [0, 0.05) is 5.56 Å². The summed E-state index contributed by atoms with van der Waals surface area (Å²) < 4.78 is 5.42. The number of benzene rings is 2. The van der Waals surface area contributed by atoms with E-state index in [1.165, 1.54) is 0 Å². The summed E-state index contributed by atoms with van der Waals surface area (Å²) >= 11 is 4.98. The summed E-state index contributed by atoms with van der Waals surface area (Å²) in [6.45, 7) is 2.65. The first-order valence-electron chi connectivity index (χ1n) is 5.84. The number of hydrogen-bond acceptors (Lipinski definition) is 2. The Kier molecular flexibility index (Phi) is 3.95. The van der Waals surface area contributed by atoms with E-state index < -0.39 is 0 Å². The molecular formula is C15H15NOS. The molecule has 92 valence electrons. The summed E-state index contributed by atoms with van der Waals surface area (Å²) in [6, 6.07) is 15.9. The van der Waals surface area contributed by atoms with Gasteiger partial charge in [0.05, 0.1) is 6.61 Å². The minimum atomic E-state index is 0.419. The van der Waals surface area contributed by atoms with Gasteiger partial charge in [-0.1, -0.05) is 42.5 Å². The van der Waals surface area contributed by atoms with Crippen molar-refractivity contribution in [2.45, 2.75) is 6.92 Å². The van der Waals surface area contributed by atoms with Crippen LogP contribution in [0.5, 0.6) is 5.75 Å². The van der Waals surface area contributed by atoms with Crippen LogP contribution in [0, 0.1) is 0 Å². The van der Waals surface area contributed by atoms with Gasteiger partial charge in [-0.25, -0.2) is 0 Å². The third-order valence-corrected chi connectivity index (χ3v) is 2.88. The Balaban J connectivity index is 2.30. The fraction of sp³-hybridized carbons (Fsp3) is 0.133. The molecular weight excluding hydrogens is 242 g/mol. The van der Waals surface area contributed by atoms with Crippen molar-refractivity contribution in [3.05, 3.63) is 54.1 Å². The van der Waals surface area contributed by atoms with Crippen molar-refractivity contribution in [1.29, 1.82) is 0 Å². The molecule has 2 N–H and O–H groups in total. The molecule has 0 amide bonds. The van der Waals surface area contributed by atoms with Gasteiger partial charge in [0.15, 0.2) is 0 Å². The van der Waals surface area contributed by atoms with Crippen LogP contribution in [0.25, 0.3) is 11.1 Å². The standard InChI is InChI=1S/C15H15NOS/c1-2-17-14-8-6-11(7-9-14)12-4-3-5-13(10-12)15(16)18/h3-10H,2H2,1H3,(H2,16,18). The van der Waals surface area contributed by atoms with Gasteiger partial charge in [-0.05, 0) is 36.2 Å². The lowest BCUT2D eigenvalue weighted by atomic mass is 10.0. The predicted molar refractivity (Wildman–Crippen MR) is 78.9 cm³/mol. The minimum absolute atomic E-state index is 0.419. The van der Waals surface area contributed by atoms with Crippen LogP contribution in [0.4, 0.5) is 0 Å². The molecule has 0 aliphatic carbocycles. The molecule has 0 aliphatic heterocycles. The largest absolute Gasteiger partial charge is 0.494 e. The lowest BCUT2D eigenvalue weighted by Crippen LogP contribution is -2.08. The van der Waals surface area contributed by atoms with Crippen molar-refractivity contribution in [2.24, 2.45) is 5.73 Å². The first kappa shape index (κ1) is 12.6. The molecule has 0 radical (unpaired) electrons. The third kappa shape index (κ3) is 2.87. The van der Waals surface area contributed by atoms with Crippen LogP contribution in [-0.2, 0) is 0 Å². The van der Waals surface area contributed by atoms with Crippen molar-refractivity contribution in [3.8, 4) is 16.9 Å². The highest BCUT2D eigenvalue weighted by Crippen LogP contribution is 2.23. The van der Waals surface area contributed by atoms with Crippen LogP contribution in [-0.4, -0.2) is 11.6 Å². The van der Waals surface area contributed by atoms with Gasteiger partial charge in [-0.2, -0.15) is 0 Å². The highest BCUT2D eigenvalue weighted by molar-refractivity contribution is 7.80. The van der Waals surface area contributed by atoms with Gasteiger partial charge in [-0.3, -0.25) is 0 Å². The highest BCUT2D eigenvalue weighted by Gasteiger charge is 2.01. The van der Waals surface area contributed by atoms with E-state index >= 15 is 0 Å². The van der Waals surface area contributed by atoms with E-state index in [4.69, 9.17) is 22.7 Å². The Morgan fingerprint density at radius 2 is 1.83 bits per heavy atom. The lowest BCUT2D eigenvalue weighted by molar-refractivity contribution is 0.340. The van der Waals surface area contributed by atoms with Gasteiger partial charge in [0.25, 0.3) is 0 Å². The third-order valence-electron chi connectivity index (χ3n) is 2.65. The topological polar surface area (TPSA) is 35.2 Å². The molecule has 0 saturated carbocycles. The Morgan fingerprint density at radius 3 is 2.44 bits per heavy atom. The highest BCUT2D eigenvalue weighted by atomic mass is 32.1. The van der Waals surface area contributed by atoms with Gasteiger partial charge < -0.3 is 10.5 Å². The SMILES string of the molecule is CCOc1ccc(-c2cccc(C(N)=S)c2)cc1. The molecule has 0 aromatic heterocycles. The van der Waals surface area contributed by atoms with Gasteiger partial charge in [-0.15, -0.1) is 0 Å². The van der Waals surface area contributed by atoms with E-state index in [1.807, 2.05) is 55.5 Å². The summed E-state index contributed by atoms with van der Waals surface area (Å²) in [5.74, 6) is 0.881. The Morgan fingerprint density at radius 1 is 1.11 bits per heavy atom. The van der Waals surface area contributed by atoms with E-state index in [-0.39, 0.29) is 0 Å². The predicted octanol–water partition coefficient (Wildman–Crippen LogP) is 3.39. The first-order chi connectivity index (χ1) is 8.70. The summed E-state index contributed by atoms with van der Waals surface area (Å²) in [6.07, 6.45) is 0. The molecule has 0 spiro atoms. The number of hydrogen-bond donors (Lipinski definition) is 1. The van der Waals surface area contributed by atoms with Crippen molar-refractivity contribution in [1.82, 2.24) is 0 Å². The lowest BCUT2D eigenvalue weighted by Gasteiger charge is -2.06. The Labute approximate surface area is 112 Å². The molecule has 2 aromatic rings. The molecule has 2 nitrogen and oxygen atoms in total. The maximum atomic E-state index is 5.64. The number of ether oxygens (including phenoxy) is 1. The normalized spacial score (nSPS) is 10.1. The van der Waals surface area contributed by atoms with Crippen LogP contribution in [0.3, 0.4) is 0 Å². The maximum Gasteiger partial charge on any atom is 0.119 e. The molecule has 2 aromatic carbocycles. The van der Waals surface area contributed by atoms with Gasteiger partial charge in [0.2, 0.25) is 0 Å². The zero-order valence-electron chi connectivity index (χ0n) is 10.2. The minimum Gasteiger partial charge on any atom is -0.494 e. The van der Waals surface area contributed by atoms with E-state index in [0.29, 0.717) is 11.6 Å². The second-order valence-corrected chi connectivity index (χ2v) is 4.34. The van der Waals surface area contributed by atoms with E-state index in [2.05, 4.69) is 0 Å². The summed E-state index contributed by atoms with van der Waals surface area (Å²) in [4.78, 5) is 0.419. The van der Waals surface area contributed by atoms with E-state index in [9.17, 15) is 0 Å². The summed E-state index contributed by atoms with van der Waals surface area (Å²) in [7, 11) is 0. The molecule has 2 rings (SSSR count). The smallest absolute Gasteiger partial charge is 0.119 e. The second-order valence-electron chi connectivity index (χ2n) is 3.90. The fourth-order valence-electron chi connectivity index (χ4n) is 1.76. The van der Waals surface area contributed by atoms with E-state index in [1.54, 1.807) is 0 Å². The van der Waals surface area contributed by atoms with Crippen LogP contribution >= 0.6 is 12.2 Å². The number of thiocarbonyl (C=S) groups is 1. The van der Waals surface area contributed by atoms with Crippen LogP contribution in [0.2, 0.25) is 0 Å². The molecule has 0 aliphatic rings. The van der Waals surface area contributed by atoms with Gasteiger partial charge >= 0.3 is 0 Å². The Hall–Kier alpha value is -1.87. The average molecular weight is 257 g/mol. The van der Waals surface area contributed by atoms with Gasteiger partial charge in [0.1, 0.15) is 10.7 Å². The number of nitrogens with two attached hydrogens (primary N) is 1. The molecule has 0 atom stereocenters. The van der Waals surface area contributed by atoms with Crippen molar-refractivity contribution in [2.75, 3.05) is 6.61 Å². The summed E-state index contributed by atoms with van der Waals surface area (Å²) in [5.41, 5.74) is 8.74. The fourth-order valence-corrected chi connectivity index (χ4v) is 1.89. The molecule has 18 heavy (non-hydrogen) atoms. The maximum absolute atomic E-state index is 5.64. The molecule has 3 heteroatoms. The van der Waals surface area contributed by atoms with Crippen molar-refractivity contribution >= 4 is 17.2 Å². The molecule has 0 heterocycles. The van der Waals surface area contributed by atoms with Crippen molar-refractivity contribution < 1.29 is 4.74 Å². The monoisotopic (exact) mass is 257 g/mol. The second kappa shape index (κ2) is 5.65. The van der Waals surface area contributed by atoms with Crippen molar-refractivity contribution in [3.63, 3.8) is 0 Å². The van der Waals surface area contributed by atoms with E-state index in [0.717, 1.165) is 22.4 Å². The van der Waals surface area contributed by atoms with Crippen LogP contribution < -0.4 is 10.5 Å². The molecule has 0 bridgehead atoms. The number of rotatable bonds is 4. The summed E-state index contributed by atoms with van der Waals surface area (Å²) in [5, 5.41) is 0.